The van der Waals surface area contributed by atoms with E-state index in [4.69, 9.17) is 22.1 Å². The maximum absolute atomic E-state index is 10.4. The van der Waals surface area contributed by atoms with E-state index < -0.39 is 6.10 Å². The zero-order valence-corrected chi connectivity index (χ0v) is 12.4. The van der Waals surface area contributed by atoms with Gasteiger partial charge in [-0.2, -0.15) is 0 Å². The van der Waals surface area contributed by atoms with E-state index in [0.29, 0.717) is 16.3 Å². The van der Waals surface area contributed by atoms with Gasteiger partial charge >= 0.3 is 0 Å². The van der Waals surface area contributed by atoms with Crippen LogP contribution in [0, 0.1) is 19.8 Å². The van der Waals surface area contributed by atoms with Crippen molar-refractivity contribution in [2.75, 3.05) is 7.11 Å². The van der Waals surface area contributed by atoms with Gasteiger partial charge in [0.05, 0.1) is 13.2 Å². The Bertz CT molecular complexity index is 432. The number of benzene rings is 1. The summed E-state index contributed by atoms with van der Waals surface area (Å²) in [5, 5.41) is 11.1. The number of aliphatic hydroxyl groups is 1. The van der Waals surface area contributed by atoms with Gasteiger partial charge in [0.15, 0.2) is 0 Å². The molecule has 1 aromatic rings. The Morgan fingerprint density at radius 3 is 2.33 bits per heavy atom. The van der Waals surface area contributed by atoms with Crippen LogP contribution in [0.5, 0.6) is 5.75 Å². The molecule has 0 amide bonds. The molecule has 0 fully saturated rings. The molecule has 0 aliphatic carbocycles. The van der Waals surface area contributed by atoms with Gasteiger partial charge in [0.25, 0.3) is 0 Å². The molecule has 3 nitrogen and oxygen atoms in total. The lowest BCUT2D eigenvalue weighted by molar-refractivity contribution is 0.122. The van der Waals surface area contributed by atoms with Crippen molar-refractivity contribution in [1.82, 2.24) is 0 Å². The summed E-state index contributed by atoms with van der Waals surface area (Å²) in [6.07, 6.45) is -0.780. The SMILES string of the molecule is COc1cc(C)c(Cl)c(C)c1C(O)C(N)C(C)C. The largest absolute Gasteiger partial charge is 0.496 e. The van der Waals surface area contributed by atoms with Crippen LogP contribution in [0.3, 0.4) is 0 Å². The molecule has 4 heteroatoms. The van der Waals surface area contributed by atoms with E-state index in [2.05, 4.69) is 0 Å². The molecule has 0 aromatic heterocycles. The summed E-state index contributed by atoms with van der Waals surface area (Å²) in [5.74, 6) is 0.808. The number of ether oxygens (including phenoxy) is 1. The van der Waals surface area contributed by atoms with Crippen molar-refractivity contribution in [2.24, 2.45) is 11.7 Å². The van der Waals surface area contributed by atoms with Gasteiger partial charge in [-0.3, -0.25) is 0 Å². The number of rotatable bonds is 4. The van der Waals surface area contributed by atoms with E-state index >= 15 is 0 Å². The molecule has 2 atom stereocenters. The van der Waals surface area contributed by atoms with Crippen LogP contribution >= 0.6 is 11.6 Å². The summed E-state index contributed by atoms with van der Waals surface area (Å²) in [5.41, 5.74) is 8.47. The average molecular weight is 272 g/mol. The zero-order valence-electron chi connectivity index (χ0n) is 11.6. The van der Waals surface area contributed by atoms with Gasteiger partial charge in [-0.1, -0.05) is 25.4 Å². The molecule has 0 spiro atoms. The lowest BCUT2D eigenvalue weighted by Crippen LogP contribution is -2.34. The van der Waals surface area contributed by atoms with Crippen LogP contribution in [0.2, 0.25) is 5.02 Å². The lowest BCUT2D eigenvalue weighted by Gasteiger charge is -2.26. The number of aryl methyl sites for hydroxylation is 1. The Hall–Kier alpha value is -0.770. The van der Waals surface area contributed by atoms with E-state index in [9.17, 15) is 5.11 Å². The molecule has 3 N–H and O–H groups in total. The maximum atomic E-state index is 10.4. The fraction of sp³-hybridized carbons (Fsp3) is 0.571. The van der Waals surface area contributed by atoms with Crippen molar-refractivity contribution < 1.29 is 9.84 Å². The molecule has 2 unspecified atom stereocenters. The molecule has 0 aliphatic heterocycles. The monoisotopic (exact) mass is 271 g/mol. The number of aliphatic hydroxyl groups excluding tert-OH is 1. The zero-order chi connectivity index (χ0) is 14.0. The van der Waals surface area contributed by atoms with Crippen LogP contribution in [0.4, 0.5) is 0 Å². The van der Waals surface area contributed by atoms with Gasteiger partial charge < -0.3 is 15.6 Å². The van der Waals surface area contributed by atoms with Crippen molar-refractivity contribution in [3.8, 4) is 5.75 Å². The Kier molecular flexibility index (Phi) is 5.02. The summed E-state index contributed by atoms with van der Waals surface area (Å²) >= 11 is 6.23. The quantitative estimate of drug-likeness (QED) is 0.885. The van der Waals surface area contributed by atoms with Crippen LogP contribution < -0.4 is 10.5 Å². The summed E-state index contributed by atoms with van der Waals surface area (Å²) in [6, 6.07) is 1.48. The second-order valence-electron chi connectivity index (χ2n) is 5.01. The first kappa shape index (κ1) is 15.3. The van der Waals surface area contributed by atoms with Gasteiger partial charge in [-0.25, -0.2) is 0 Å². The van der Waals surface area contributed by atoms with Gasteiger partial charge in [0, 0.05) is 16.6 Å². The third-order valence-corrected chi connectivity index (χ3v) is 3.92. The highest BCUT2D eigenvalue weighted by molar-refractivity contribution is 6.32. The van der Waals surface area contributed by atoms with Crippen LogP contribution in [0.1, 0.15) is 36.6 Å². The molecule has 0 radical (unpaired) electrons. The van der Waals surface area contributed by atoms with E-state index in [1.165, 1.54) is 0 Å². The summed E-state index contributed by atoms with van der Waals surface area (Å²) in [6.45, 7) is 7.75. The second-order valence-corrected chi connectivity index (χ2v) is 5.39. The second kappa shape index (κ2) is 5.91. The average Bonchev–Trinajstić information content (AvgIpc) is 2.33. The fourth-order valence-electron chi connectivity index (χ4n) is 2.03. The molecule has 0 saturated heterocycles. The molecule has 0 heterocycles. The smallest absolute Gasteiger partial charge is 0.125 e. The molecule has 1 aromatic carbocycles. The number of nitrogens with two attached hydrogens (primary N) is 1. The Morgan fingerprint density at radius 2 is 1.89 bits per heavy atom. The normalized spacial score (nSPS) is 14.7. The predicted molar refractivity (Wildman–Crippen MR) is 75.3 cm³/mol. The Morgan fingerprint density at radius 1 is 1.33 bits per heavy atom. The minimum atomic E-state index is -0.780. The van der Waals surface area contributed by atoms with Crippen molar-refractivity contribution in [3.63, 3.8) is 0 Å². The third-order valence-electron chi connectivity index (χ3n) is 3.34. The van der Waals surface area contributed by atoms with Gasteiger partial charge in [-0.15, -0.1) is 0 Å². The van der Waals surface area contributed by atoms with Crippen molar-refractivity contribution in [3.05, 3.63) is 27.8 Å². The van der Waals surface area contributed by atoms with E-state index in [1.807, 2.05) is 33.8 Å². The Labute approximate surface area is 114 Å². The van der Waals surface area contributed by atoms with E-state index in [-0.39, 0.29) is 12.0 Å². The molecule has 18 heavy (non-hydrogen) atoms. The summed E-state index contributed by atoms with van der Waals surface area (Å²) in [4.78, 5) is 0. The molecule has 102 valence electrons. The minimum Gasteiger partial charge on any atom is -0.496 e. The molecular weight excluding hydrogens is 250 g/mol. The molecule has 0 bridgehead atoms. The minimum absolute atomic E-state index is 0.171. The third kappa shape index (κ3) is 2.79. The molecule has 0 saturated carbocycles. The number of hydrogen-bond donors (Lipinski definition) is 2. The van der Waals surface area contributed by atoms with Crippen molar-refractivity contribution >= 4 is 11.6 Å². The predicted octanol–water partition coefficient (Wildman–Crippen LogP) is 2.98. The van der Waals surface area contributed by atoms with Crippen molar-refractivity contribution in [1.29, 1.82) is 0 Å². The van der Waals surface area contributed by atoms with Crippen LogP contribution in [0.25, 0.3) is 0 Å². The standard InChI is InChI=1S/C14H22ClNO2/c1-7(2)13(16)14(17)11-9(4)12(15)8(3)6-10(11)18-5/h6-7,13-14,17H,16H2,1-5H3. The highest BCUT2D eigenvalue weighted by Gasteiger charge is 2.26. The van der Waals surface area contributed by atoms with Crippen LogP contribution in [-0.2, 0) is 0 Å². The number of halogens is 1. The Balaban J connectivity index is 3.34. The van der Waals surface area contributed by atoms with Gasteiger partial charge in [0.2, 0.25) is 0 Å². The topological polar surface area (TPSA) is 55.5 Å². The highest BCUT2D eigenvalue weighted by atomic mass is 35.5. The van der Waals surface area contributed by atoms with E-state index in [0.717, 1.165) is 11.1 Å². The fourth-order valence-corrected chi connectivity index (χ4v) is 2.19. The highest BCUT2D eigenvalue weighted by Crippen LogP contribution is 2.37. The summed E-state index contributed by atoms with van der Waals surface area (Å²) in [7, 11) is 1.58. The summed E-state index contributed by atoms with van der Waals surface area (Å²) < 4.78 is 5.34. The van der Waals surface area contributed by atoms with Crippen LogP contribution in [-0.4, -0.2) is 18.3 Å². The van der Waals surface area contributed by atoms with Gasteiger partial charge in [-0.05, 0) is 37.0 Å². The molecule has 0 aliphatic rings. The maximum Gasteiger partial charge on any atom is 0.125 e. The van der Waals surface area contributed by atoms with Crippen molar-refractivity contribution in [2.45, 2.75) is 39.8 Å². The van der Waals surface area contributed by atoms with Gasteiger partial charge in [0.1, 0.15) is 5.75 Å². The first-order chi connectivity index (χ1) is 8.31. The molecule has 1 rings (SSSR count). The first-order valence-electron chi connectivity index (χ1n) is 6.08. The van der Waals surface area contributed by atoms with Crippen LogP contribution in [0.15, 0.2) is 6.07 Å². The lowest BCUT2D eigenvalue weighted by atomic mass is 9.90. The number of hydrogen-bond acceptors (Lipinski definition) is 3. The first-order valence-corrected chi connectivity index (χ1v) is 6.46. The van der Waals surface area contributed by atoms with E-state index in [1.54, 1.807) is 7.11 Å². The molecular formula is C14H22ClNO2. The number of methoxy groups -OCH3 is 1.